The second kappa shape index (κ2) is 13.0. The Kier molecular flexibility index (Phi) is 20.1. The van der Waals surface area contributed by atoms with Gasteiger partial charge in [-0.25, -0.2) is 4.79 Å². The quantitative estimate of drug-likeness (QED) is 0.190. The molecule has 0 rings (SSSR count). The van der Waals surface area contributed by atoms with Gasteiger partial charge in [-0.15, -0.1) is 24.0 Å². The fourth-order valence-corrected chi connectivity index (χ4v) is 1.11. The van der Waals surface area contributed by atoms with E-state index in [2.05, 4.69) is 27.6 Å². The molecule has 0 bridgehead atoms. The van der Waals surface area contributed by atoms with Crippen molar-refractivity contribution in [2.45, 2.75) is 32.9 Å². The number of carbonyl (C=O) groups excluding carboxylic acids is 1. The van der Waals surface area contributed by atoms with E-state index in [4.69, 9.17) is 4.74 Å². The number of unbranched alkanes of at least 4 members (excludes halogenated alkanes) is 1. The van der Waals surface area contributed by atoms with Gasteiger partial charge in [0.15, 0.2) is 0 Å². The van der Waals surface area contributed by atoms with Crippen LogP contribution in [0.25, 0.3) is 0 Å². The highest BCUT2D eigenvalue weighted by atomic mass is 127. The lowest BCUT2D eigenvalue weighted by atomic mass is 10.3. The molecule has 6 heteroatoms. The third-order valence-corrected chi connectivity index (χ3v) is 2.53. The summed E-state index contributed by atoms with van der Waals surface area (Å²) in [4.78, 5) is 11.0. The van der Waals surface area contributed by atoms with Gasteiger partial charge in [-0.3, -0.25) is 4.48 Å². The van der Waals surface area contributed by atoms with E-state index in [-0.39, 0.29) is 66.3 Å². The summed E-state index contributed by atoms with van der Waals surface area (Å²) in [6.45, 7) is 8.46. The number of ether oxygens (including phenoxy) is 1. The second-order valence-corrected chi connectivity index (χ2v) is 4.10. The first-order valence-corrected chi connectivity index (χ1v) is 5.09. The van der Waals surface area contributed by atoms with Crippen LogP contribution in [0.1, 0.15) is 26.7 Å². The van der Waals surface area contributed by atoms with Crippen molar-refractivity contribution in [3.05, 3.63) is 12.7 Å². The first-order chi connectivity index (χ1) is 6.44. The summed E-state index contributed by atoms with van der Waals surface area (Å²) in [5.74, 6) is -0.347. The first kappa shape index (κ1) is 26.2. The van der Waals surface area contributed by atoms with Gasteiger partial charge in [0, 0.05) is 13.0 Å². The Morgan fingerprint density at radius 3 is 2.29 bits per heavy atom. The molecule has 0 amide bonds. The molecule has 0 heterocycles. The first-order valence-electron chi connectivity index (χ1n) is 5.09. The Labute approximate surface area is 139 Å². The molecule has 1 unspecified atom stereocenters. The van der Waals surface area contributed by atoms with Crippen molar-refractivity contribution in [3.63, 3.8) is 0 Å². The number of carbonyl (C=O) groups is 1. The summed E-state index contributed by atoms with van der Waals surface area (Å²) in [5.41, 5.74) is 0. The molecular weight excluding hydrogens is 446 g/mol. The number of rotatable bonds is 6. The van der Waals surface area contributed by atoms with Crippen molar-refractivity contribution in [3.8, 4) is 0 Å². The lowest BCUT2D eigenvalue weighted by Gasteiger charge is -2.34. The average molecular weight is 472 g/mol. The molecule has 0 aromatic heterocycles. The van der Waals surface area contributed by atoms with E-state index in [1.165, 1.54) is 6.08 Å². The van der Waals surface area contributed by atoms with Crippen molar-refractivity contribution in [1.29, 1.82) is 0 Å². The number of nitrogens with zero attached hydrogens (tertiary/aromatic N) is 1. The van der Waals surface area contributed by atoms with Crippen LogP contribution in [0.15, 0.2) is 12.7 Å². The molecule has 0 fully saturated rings. The maximum atomic E-state index is 11.0. The molecule has 0 aliphatic heterocycles. The van der Waals surface area contributed by atoms with Gasteiger partial charge in [0.25, 0.3) is 0 Å². The number of hydrogen-bond donors (Lipinski definition) is 1. The lowest BCUT2D eigenvalue weighted by molar-refractivity contribution is -0.932. The van der Waals surface area contributed by atoms with Crippen LogP contribution in [0.3, 0.4) is 0 Å². The van der Waals surface area contributed by atoms with Gasteiger partial charge in [-0.05, 0) is 6.42 Å². The molecule has 0 saturated carbocycles. The van der Waals surface area contributed by atoms with Crippen molar-refractivity contribution in [2.75, 3.05) is 20.6 Å². The van der Waals surface area contributed by atoms with Gasteiger partial charge in [-0.2, -0.15) is 0 Å². The highest BCUT2D eigenvalue weighted by Crippen LogP contribution is 2.10. The molecule has 0 aliphatic carbocycles. The Morgan fingerprint density at radius 1 is 1.47 bits per heavy atom. The predicted molar refractivity (Wildman–Crippen MR) is 78.1 cm³/mol. The van der Waals surface area contributed by atoms with Gasteiger partial charge >= 0.3 is 5.97 Å². The van der Waals surface area contributed by atoms with Gasteiger partial charge in [-0.1, -0.05) is 19.9 Å². The van der Waals surface area contributed by atoms with E-state index in [1.54, 1.807) is 0 Å². The van der Waals surface area contributed by atoms with Crippen molar-refractivity contribution >= 4 is 29.9 Å². The monoisotopic (exact) mass is 472 g/mol. The van der Waals surface area contributed by atoms with Crippen LogP contribution in [0.2, 0.25) is 0 Å². The normalized spacial score (nSPS) is 11.1. The third kappa shape index (κ3) is 11.4. The molecule has 17 heavy (non-hydrogen) atoms. The van der Waals surface area contributed by atoms with Crippen LogP contribution in [0.4, 0.5) is 0 Å². The van der Waals surface area contributed by atoms with E-state index in [1.807, 2.05) is 6.92 Å². The highest BCUT2D eigenvalue weighted by molar-refractivity contribution is 14.0. The summed E-state index contributed by atoms with van der Waals surface area (Å²) >= 11 is 0. The van der Waals surface area contributed by atoms with E-state index in [0.29, 0.717) is 4.48 Å². The van der Waals surface area contributed by atoms with Gasteiger partial charge in [0.05, 0.1) is 20.6 Å². The van der Waals surface area contributed by atoms with Crippen LogP contribution < -0.4 is 30.1 Å². The molecule has 0 aromatic rings. The zero-order valence-electron chi connectivity index (χ0n) is 11.2. The maximum Gasteiger partial charge on any atom is 0.334 e. The largest absolute Gasteiger partial charge is 1.00 e. The van der Waals surface area contributed by atoms with Crippen molar-refractivity contribution in [1.82, 2.24) is 6.15 Å². The van der Waals surface area contributed by atoms with Crippen LogP contribution >= 0.6 is 24.0 Å². The molecule has 0 aliphatic rings. The third-order valence-electron chi connectivity index (χ3n) is 2.53. The zero-order valence-corrected chi connectivity index (χ0v) is 15.7. The number of halogens is 2. The van der Waals surface area contributed by atoms with E-state index >= 15 is 0 Å². The molecule has 3 N–H and O–H groups in total. The number of esters is 1. The standard InChI is InChI=1S/C11H22NO2.2HI.H3N/c1-6-8-9-12(4,5)10(3)14-11(13)7-2;;;/h7,10H,2,6,8-9H2,1,3-5H3;2*1H;1H3/q+1;;;/p-1. The molecule has 0 aromatic carbocycles. The summed E-state index contributed by atoms with van der Waals surface area (Å²) in [6.07, 6.45) is 3.38. The fraction of sp³-hybridized carbons (Fsp3) is 0.727. The second-order valence-electron chi connectivity index (χ2n) is 4.10. The minimum atomic E-state index is -0.347. The Morgan fingerprint density at radius 2 is 1.94 bits per heavy atom. The molecule has 0 spiro atoms. The number of quaternary nitrogens is 1. The number of hydrogen-bond acceptors (Lipinski definition) is 3. The van der Waals surface area contributed by atoms with E-state index in [0.717, 1.165) is 19.4 Å². The molecule has 106 valence electrons. The predicted octanol–water partition coefficient (Wildman–Crippen LogP) is -0.278. The van der Waals surface area contributed by atoms with Crippen LogP contribution in [0.5, 0.6) is 0 Å². The van der Waals surface area contributed by atoms with Gasteiger partial charge in [0.1, 0.15) is 0 Å². The summed E-state index contributed by atoms with van der Waals surface area (Å²) in [7, 11) is 4.13. The molecule has 0 radical (unpaired) electrons. The van der Waals surface area contributed by atoms with Crippen LogP contribution in [-0.2, 0) is 9.53 Å². The minimum absolute atomic E-state index is 0. The minimum Gasteiger partial charge on any atom is -1.00 e. The summed E-state index contributed by atoms with van der Waals surface area (Å²) in [6, 6.07) is 0. The molecule has 4 nitrogen and oxygen atoms in total. The molecular formula is C11H26I2N2O2. The van der Waals surface area contributed by atoms with E-state index < -0.39 is 0 Å². The Bertz CT molecular complexity index is 212. The Hall–Kier alpha value is 0.590. The summed E-state index contributed by atoms with van der Waals surface area (Å²) < 4.78 is 5.88. The highest BCUT2D eigenvalue weighted by Gasteiger charge is 2.25. The van der Waals surface area contributed by atoms with Crippen LogP contribution in [0, 0.1) is 0 Å². The van der Waals surface area contributed by atoms with Gasteiger partial charge in [0.2, 0.25) is 6.23 Å². The smallest absolute Gasteiger partial charge is 0.334 e. The topological polar surface area (TPSA) is 61.3 Å². The maximum absolute atomic E-state index is 11.0. The summed E-state index contributed by atoms with van der Waals surface area (Å²) in [5, 5.41) is 0. The fourth-order valence-electron chi connectivity index (χ4n) is 1.11. The molecule has 0 saturated heterocycles. The Balaban J connectivity index is -0.000000282. The van der Waals surface area contributed by atoms with Crippen molar-refractivity contribution in [2.24, 2.45) is 0 Å². The van der Waals surface area contributed by atoms with Crippen LogP contribution in [-0.4, -0.2) is 37.3 Å². The van der Waals surface area contributed by atoms with Gasteiger partial charge < -0.3 is 34.9 Å². The van der Waals surface area contributed by atoms with Crippen molar-refractivity contribution < 1.29 is 38.0 Å². The average Bonchev–Trinajstić information content (AvgIpc) is 2.14. The molecule has 1 atom stereocenters. The van der Waals surface area contributed by atoms with E-state index in [9.17, 15) is 4.79 Å². The zero-order chi connectivity index (χ0) is 11.2. The SMILES string of the molecule is C=CC(=O)OC(C)[N+](C)(C)CCCC.I.N.[I-]. The lowest BCUT2D eigenvalue weighted by Crippen LogP contribution is -3.00.